The van der Waals surface area contributed by atoms with E-state index >= 15 is 0 Å². The first kappa shape index (κ1) is 16.7. The lowest BCUT2D eigenvalue weighted by atomic mass is 10.2. The number of rotatable bonds is 5. The van der Waals surface area contributed by atoms with E-state index in [2.05, 4.69) is 21.2 Å². The van der Waals surface area contributed by atoms with E-state index in [1.165, 1.54) is 11.8 Å². The largest absolute Gasteiger partial charge is 0.325 e. The second kappa shape index (κ2) is 8.08. The molecule has 2 rings (SSSR count). The van der Waals surface area contributed by atoms with Crippen LogP contribution in [-0.4, -0.2) is 11.7 Å². The van der Waals surface area contributed by atoms with Crippen LogP contribution in [0.4, 0.5) is 5.69 Å². The van der Waals surface area contributed by atoms with Gasteiger partial charge in [-0.2, -0.15) is 0 Å². The summed E-state index contributed by atoms with van der Waals surface area (Å²) in [6.45, 7) is 0. The lowest BCUT2D eigenvalue weighted by Gasteiger charge is -2.07. The maximum Gasteiger partial charge on any atom is 0.234 e. The van der Waals surface area contributed by atoms with Gasteiger partial charge in [0, 0.05) is 26.0 Å². The molecule has 0 heterocycles. The molecule has 2 nitrogen and oxygen atoms in total. The number of carbonyl (C=O) groups is 1. The number of nitrogens with one attached hydrogen (secondary N) is 1. The number of halogens is 3. The fourth-order valence-corrected chi connectivity index (χ4v) is 3.47. The Morgan fingerprint density at radius 3 is 2.33 bits per heavy atom. The van der Waals surface area contributed by atoms with Gasteiger partial charge in [0.2, 0.25) is 5.91 Å². The van der Waals surface area contributed by atoms with E-state index in [1.54, 1.807) is 18.2 Å². The molecule has 0 aromatic heterocycles. The number of hydrogen-bond acceptors (Lipinski definition) is 2. The van der Waals surface area contributed by atoms with Crippen molar-refractivity contribution in [2.75, 3.05) is 11.1 Å². The fraction of sp³-hybridized carbons (Fsp3) is 0.133. The summed E-state index contributed by atoms with van der Waals surface area (Å²) >= 11 is 17.0. The highest BCUT2D eigenvalue weighted by molar-refractivity contribution is 9.10. The van der Waals surface area contributed by atoms with Gasteiger partial charge in [0.1, 0.15) is 0 Å². The van der Waals surface area contributed by atoms with E-state index in [4.69, 9.17) is 23.2 Å². The molecule has 6 heteroatoms. The zero-order valence-corrected chi connectivity index (χ0v) is 14.8. The van der Waals surface area contributed by atoms with Crippen LogP contribution in [0.2, 0.25) is 10.0 Å². The number of amides is 1. The highest BCUT2D eigenvalue weighted by atomic mass is 79.9. The monoisotopic (exact) mass is 403 g/mol. The molecular formula is C15H12BrCl2NOS. The SMILES string of the molecule is O=C(CSCc1c(Cl)cccc1Cl)Nc1ccc(Br)cc1. The van der Waals surface area contributed by atoms with Crippen LogP contribution in [0.3, 0.4) is 0 Å². The summed E-state index contributed by atoms with van der Waals surface area (Å²) in [5, 5.41) is 4.09. The standard InChI is InChI=1S/C15H12BrCl2NOS/c16-10-4-6-11(7-5-10)19-15(20)9-21-8-12-13(17)2-1-3-14(12)18/h1-7H,8-9H2,(H,19,20). The predicted octanol–water partition coefficient (Wildman–Crippen LogP) is 5.63. The van der Waals surface area contributed by atoms with Crippen molar-refractivity contribution in [1.82, 2.24) is 0 Å². The van der Waals surface area contributed by atoms with Crippen molar-refractivity contribution in [3.8, 4) is 0 Å². The quantitative estimate of drug-likeness (QED) is 0.699. The highest BCUT2D eigenvalue weighted by Crippen LogP contribution is 2.28. The van der Waals surface area contributed by atoms with Crippen LogP contribution < -0.4 is 5.32 Å². The summed E-state index contributed by atoms with van der Waals surface area (Å²) in [5.74, 6) is 0.898. The third-order valence-corrected chi connectivity index (χ3v) is 4.87. The van der Waals surface area contributed by atoms with Crippen molar-refractivity contribution in [2.24, 2.45) is 0 Å². The minimum absolute atomic E-state index is 0.0505. The second-order valence-electron chi connectivity index (χ2n) is 4.25. The van der Waals surface area contributed by atoms with Gasteiger partial charge in [-0.25, -0.2) is 0 Å². The number of anilines is 1. The van der Waals surface area contributed by atoms with Crippen molar-refractivity contribution < 1.29 is 4.79 Å². The topological polar surface area (TPSA) is 29.1 Å². The Balaban J connectivity index is 1.83. The molecule has 2 aromatic carbocycles. The minimum Gasteiger partial charge on any atom is -0.325 e. The van der Waals surface area contributed by atoms with Gasteiger partial charge < -0.3 is 5.32 Å². The van der Waals surface area contributed by atoms with Gasteiger partial charge in [0.25, 0.3) is 0 Å². The molecule has 0 bridgehead atoms. The summed E-state index contributed by atoms with van der Waals surface area (Å²) in [6.07, 6.45) is 0. The predicted molar refractivity (Wildman–Crippen MR) is 95.4 cm³/mol. The molecule has 0 atom stereocenters. The van der Waals surface area contributed by atoms with E-state index < -0.39 is 0 Å². The lowest BCUT2D eigenvalue weighted by Crippen LogP contribution is -2.14. The van der Waals surface area contributed by atoms with E-state index in [-0.39, 0.29) is 5.91 Å². The summed E-state index contributed by atoms with van der Waals surface area (Å²) in [6, 6.07) is 12.9. The van der Waals surface area contributed by atoms with Gasteiger partial charge in [0.15, 0.2) is 0 Å². The molecule has 0 radical (unpaired) electrons. The maximum atomic E-state index is 11.8. The van der Waals surface area contributed by atoms with E-state index in [1.807, 2.05) is 24.3 Å². The van der Waals surface area contributed by atoms with Crippen LogP contribution in [0.5, 0.6) is 0 Å². The number of thioether (sulfide) groups is 1. The summed E-state index contributed by atoms with van der Waals surface area (Å²) in [7, 11) is 0. The Morgan fingerprint density at radius 1 is 1.10 bits per heavy atom. The second-order valence-corrected chi connectivity index (χ2v) is 6.96. The molecule has 2 aromatic rings. The molecule has 0 unspecified atom stereocenters. The molecule has 21 heavy (non-hydrogen) atoms. The fourth-order valence-electron chi connectivity index (χ4n) is 1.65. The average Bonchev–Trinajstić information content (AvgIpc) is 2.45. The van der Waals surface area contributed by atoms with E-state index in [0.29, 0.717) is 21.6 Å². The molecule has 1 N–H and O–H groups in total. The molecule has 0 aliphatic carbocycles. The van der Waals surface area contributed by atoms with Crippen molar-refractivity contribution in [1.29, 1.82) is 0 Å². The van der Waals surface area contributed by atoms with Crippen molar-refractivity contribution in [3.05, 3.63) is 62.5 Å². The van der Waals surface area contributed by atoms with Crippen LogP contribution >= 0.6 is 50.9 Å². The van der Waals surface area contributed by atoms with Crippen LogP contribution in [-0.2, 0) is 10.5 Å². The van der Waals surface area contributed by atoms with Crippen LogP contribution in [0.25, 0.3) is 0 Å². The molecule has 0 aliphatic heterocycles. The molecule has 0 saturated heterocycles. The average molecular weight is 405 g/mol. The Hall–Kier alpha value is -0.680. The Labute approximate surface area is 146 Å². The third kappa shape index (κ3) is 5.22. The van der Waals surface area contributed by atoms with Gasteiger partial charge in [-0.15, -0.1) is 11.8 Å². The molecule has 110 valence electrons. The smallest absolute Gasteiger partial charge is 0.234 e. The zero-order chi connectivity index (χ0) is 15.2. The first-order chi connectivity index (χ1) is 10.1. The normalized spacial score (nSPS) is 10.4. The van der Waals surface area contributed by atoms with Gasteiger partial charge in [-0.1, -0.05) is 45.2 Å². The first-order valence-corrected chi connectivity index (χ1v) is 8.82. The molecule has 0 fully saturated rings. The summed E-state index contributed by atoms with van der Waals surface area (Å²) in [4.78, 5) is 11.8. The lowest BCUT2D eigenvalue weighted by molar-refractivity contribution is -0.113. The van der Waals surface area contributed by atoms with Crippen molar-refractivity contribution in [2.45, 2.75) is 5.75 Å². The molecule has 0 aliphatic rings. The number of carbonyl (C=O) groups excluding carboxylic acids is 1. The third-order valence-electron chi connectivity index (χ3n) is 2.67. The van der Waals surface area contributed by atoms with E-state index in [9.17, 15) is 4.79 Å². The molecule has 1 amide bonds. The molecular weight excluding hydrogens is 393 g/mol. The van der Waals surface area contributed by atoms with Crippen molar-refractivity contribution >= 4 is 62.5 Å². The maximum absolute atomic E-state index is 11.8. The van der Waals surface area contributed by atoms with Gasteiger partial charge in [0.05, 0.1) is 5.75 Å². The number of benzene rings is 2. The Morgan fingerprint density at radius 2 is 1.71 bits per heavy atom. The minimum atomic E-state index is -0.0505. The first-order valence-electron chi connectivity index (χ1n) is 6.12. The summed E-state index contributed by atoms with van der Waals surface area (Å²) < 4.78 is 0.975. The van der Waals surface area contributed by atoms with Gasteiger partial charge >= 0.3 is 0 Å². The van der Waals surface area contributed by atoms with Gasteiger partial charge in [-0.3, -0.25) is 4.79 Å². The highest BCUT2D eigenvalue weighted by Gasteiger charge is 2.07. The number of hydrogen-bond donors (Lipinski definition) is 1. The van der Waals surface area contributed by atoms with Gasteiger partial charge in [-0.05, 0) is 42.0 Å². The van der Waals surface area contributed by atoms with E-state index in [0.717, 1.165) is 15.7 Å². The van der Waals surface area contributed by atoms with Crippen LogP contribution in [0, 0.1) is 0 Å². The molecule has 0 saturated carbocycles. The van der Waals surface area contributed by atoms with Crippen LogP contribution in [0.15, 0.2) is 46.9 Å². The Bertz CT molecular complexity index is 614. The zero-order valence-electron chi connectivity index (χ0n) is 10.9. The molecule has 0 spiro atoms. The summed E-state index contributed by atoms with van der Waals surface area (Å²) in [5.41, 5.74) is 1.64. The van der Waals surface area contributed by atoms with Crippen LogP contribution in [0.1, 0.15) is 5.56 Å². The van der Waals surface area contributed by atoms with Crippen molar-refractivity contribution in [3.63, 3.8) is 0 Å². The Kier molecular flexibility index (Phi) is 6.42.